The molecule has 0 N–H and O–H groups in total. The molecule has 0 fully saturated rings. The molecule has 5 nitrogen and oxygen atoms in total. The normalized spacial score (nSPS) is 10.3. The molecule has 0 aliphatic carbocycles. The van der Waals surface area contributed by atoms with Gasteiger partial charge in [0.15, 0.2) is 5.69 Å². The summed E-state index contributed by atoms with van der Waals surface area (Å²) in [6, 6.07) is 17.6. The monoisotopic (exact) mass is 308 g/mol. The summed E-state index contributed by atoms with van der Waals surface area (Å²) in [6.45, 7) is 0.334. The summed E-state index contributed by atoms with van der Waals surface area (Å²) in [4.78, 5) is 0. The lowest BCUT2D eigenvalue weighted by atomic mass is 10.2. The first-order valence-electron chi connectivity index (χ1n) is 7.07. The van der Waals surface area contributed by atoms with Gasteiger partial charge in [-0.05, 0) is 24.3 Å². The van der Waals surface area contributed by atoms with Crippen molar-refractivity contribution in [1.29, 1.82) is 5.26 Å². The number of rotatable bonds is 5. The molecule has 0 aliphatic rings. The van der Waals surface area contributed by atoms with Gasteiger partial charge in [0, 0.05) is 6.42 Å². The number of nitriles is 1. The minimum Gasteiger partial charge on any atom is -0.493 e. The van der Waals surface area contributed by atoms with Crippen molar-refractivity contribution in [3.05, 3.63) is 71.8 Å². The number of para-hydroxylation sites is 2. The molecule has 0 radical (unpaired) electrons. The molecule has 3 aromatic rings. The fraction of sp³-hybridized carbons (Fsp3) is 0.118. The predicted molar refractivity (Wildman–Crippen MR) is 81.7 cm³/mol. The van der Waals surface area contributed by atoms with Gasteiger partial charge < -0.3 is 4.74 Å². The minimum absolute atomic E-state index is 0.171. The van der Waals surface area contributed by atoms with E-state index in [9.17, 15) is 4.39 Å². The van der Waals surface area contributed by atoms with Crippen LogP contribution in [0.15, 0.2) is 54.6 Å². The molecular formula is C17H13FN4O. The number of halogens is 1. The van der Waals surface area contributed by atoms with E-state index in [1.807, 2.05) is 36.4 Å². The number of aromatic nitrogens is 3. The first-order chi connectivity index (χ1) is 11.3. The van der Waals surface area contributed by atoms with E-state index >= 15 is 0 Å². The maximum absolute atomic E-state index is 14.0. The van der Waals surface area contributed by atoms with Crippen LogP contribution in [-0.2, 0) is 6.42 Å². The van der Waals surface area contributed by atoms with Gasteiger partial charge in [-0.25, -0.2) is 9.07 Å². The zero-order valence-electron chi connectivity index (χ0n) is 12.2. The second kappa shape index (κ2) is 6.71. The molecule has 1 aromatic heterocycles. The van der Waals surface area contributed by atoms with Crippen LogP contribution in [0.5, 0.6) is 5.75 Å². The SMILES string of the molecule is N#Cc1nnn(-c2ccccc2F)c1CCOc1ccccc1. The predicted octanol–water partition coefficient (Wildman–Crippen LogP) is 2.90. The standard InChI is InChI=1S/C17H13FN4O/c18-14-8-4-5-9-16(14)22-17(15(12-19)20-21-22)10-11-23-13-6-2-1-3-7-13/h1-9H,10-11H2. The summed E-state index contributed by atoms with van der Waals surface area (Å²) in [5.41, 5.74) is 0.953. The largest absolute Gasteiger partial charge is 0.493 e. The molecule has 0 atom stereocenters. The van der Waals surface area contributed by atoms with E-state index in [1.54, 1.807) is 18.2 Å². The van der Waals surface area contributed by atoms with Gasteiger partial charge in [0.2, 0.25) is 0 Å². The number of hydrogen-bond acceptors (Lipinski definition) is 4. The Kier molecular flexibility index (Phi) is 4.29. The molecule has 0 unspecified atom stereocenters. The van der Waals surface area contributed by atoms with Gasteiger partial charge in [-0.15, -0.1) is 5.10 Å². The Balaban J connectivity index is 1.82. The van der Waals surface area contributed by atoms with E-state index in [2.05, 4.69) is 10.3 Å². The first kappa shape index (κ1) is 14.7. The number of nitrogens with zero attached hydrogens (tertiary/aromatic N) is 4. The molecule has 0 bridgehead atoms. The fourth-order valence-electron chi connectivity index (χ4n) is 2.21. The Morgan fingerprint density at radius 1 is 1.09 bits per heavy atom. The third-order valence-corrected chi connectivity index (χ3v) is 3.30. The first-order valence-corrected chi connectivity index (χ1v) is 7.07. The Labute approximate surface area is 132 Å². The van der Waals surface area contributed by atoms with E-state index in [0.717, 1.165) is 5.75 Å². The number of benzene rings is 2. The summed E-state index contributed by atoms with van der Waals surface area (Å²) in [7, 11) is 0. The molecule has 2 aromatic carbocycles. The molecule has 0 spiro atoms. The number of hydrogen-bond donors (Lipinski definition) is 0. The summed E-state index contributed by atoms with van der Waals surface area (Å²) in [5, 5.41) is 16.9. The highest BCUT2D eigenvalue weighted by atomic mass is 19.1. The van der Waals surface area contributed by atoms with Crippen LogP contribution in [-0.4, -0.2) is 21.6 Å². The molecule has 0 saturated carbocycles. The topological polar surface area (TPSA) is 63.7 Å². The molecule has 1 heterocycles. The van der Waals surface area contributed by atoms with Crippen LogP contribution in [0.1, 0.15) is 11.4 Å². The van der Waals surface area contributed by atoms with E-state index in [1.165, 1.54) is 10.7 Å². The highest BCUT2D eigenvalue weighted by Crippen LogP contribution is 2.17. The lowest BCUT2D eigenvalue weighted by molar-refractivity contribution is 0.319. The Morgan fingerprint density at radius 3 is 2.57 bits per heavy atom. The van der Waals surface area contributed by atoms with Gasteiger partial charge in [-0.2, -0.15) is 5.26 Å². The maximum atomic E-state index is 14.0. The fourth-order valence-corrected chi connectivity index (χ4v) is 2.21. The maximum Gasteiger partial charge on any atom is 0.186 e. The van der Waals surface area contributed by atoms with E-state index in [4.69, 9.17) is 10.00 Å². The van der Waals surface area contributed by atoms with Crippen LogP contribution in [0.2, 0.25) is 0 Å². The third kappa shape index (κ3) is 3.19. The Morgan fingerprint density at radius 2 is 1.83 bits per heavy atom. The average Bonchev–Trinajstić information content (AvgIpc) is 2.99. The Hall–Kier alpha value is -3.20. The molecule has 3 rings (SSSR count). The quantitative estimate of drug-likeness (QED) is 0.727. The van der Waals surface area contributed by atoms with Crippen molar-refractivity contribution >= 4 is 0 Å². The van der Waals surface area contributed by atoms with Crippen LogP contribution in [0, 0.1) is 17.1 Å². The zero-order valence-corrected chi connectivity index (χ0v) is 12.2. The van der Waals surface area contributed by atoms with Crippen molar-refractivity contribution in [3.8, 4) is 17.5 Å². The van der Waals surface area contributed by atoms with Crippen molar-refractivity contribution in [2.45, 2.75) is 6.42 Å². The van der Waals surface area contributed by atoms with Gasteiger partial charge >= 0.3 is 0 Å². The van der Waals surface area contributed by atoms with E-state index in [0.29, 0.717) is 18.7 Å². The molecular weight excluding hydrogens is 295 g/mol. The zero-order chi connectivity index (χ0) is 16.1. The second-order valence-corrected chi connectivity index (χ2v) is 4.77. The lowest BCUT2D eigenvalue weighted by Crippen LogP contribution is -2.10. The Bertz CT molecular complexity index is 839. The van der Waals surface area contributed by atoms with Crippen molar-refractivity contribution in [1.82, 2.24) is 15.0 Å². The summed E-state index contributed by atoms with van der Waals surface area (Å²) < 4.78 is 20.9. The molecule has 114 valence electrons. The molecule has 0 saturated heterocycles. The summed E-state index contributed by atoms with van der Waals surface area (Å²) in [6.07, 6.45) is 0.388. The molecule has 6 heteroatoms. The lowest BCUT2D eigenvalue weighted by Gasteiger charge is -2.09. The van der Waals surface area contributed by atoms with Crippen LogP contribution in [0.3, 0.4) is 0 Å². The van der Waals surface area contributed by atoms with Crippen LogP contribution >= 0.6 is 0 Å². The minimum atomic E-state index is -0.424. The van der Waals surface area contributed by atoms with Gasteiger partial charge in [0.05, 0.1) is 12.3 Å². The second-order valence-electron chi connectivity index (χ2n) is 4.77. The third-order valence-electron chi connectivity index (χ3n) is 3.30. The van der Waals surface area contributed by atoms with Gasteiger partial charge in [0.1, 0.15) is 23.3 Å². The van der Waals surface area contributed by atoms with Crippen molar-refractivity contribution in [2.24, 2.45) is 0 Å². The average molecular weight is 308 g/mol. The summed E-state index contributed by atoms with van der Waals surface area (Å²) >= 11 is 0. The van der Waals surface area contributed by atoms with Gasteiger partial charge in [-0.1, -0.05) is 35.5 Å². The van der Waals surface area contributed by atoms with Crippen molar-refractivity contribution in [3.63, 3.8) is 0 Å². The van der Waals surface area contributed by atoms with Crippen molar-refractivity contribution < 1.29 is 9.13 Å². The van der Waals surface area contributed by atoms with E-state index in [-0.39, 0.29) is 11.4 Å². The van der Waals surface area contributed by atoms with Crippen LogP contribution in [0.4, 0.5) is 4.39 Å². The highest BCUT2D eigenvalue weighted by Gasteiger charge is 2.16. The number of ether oxygens (including phenoxy) is 1. The highest BCUT2D eigenvalue weighted by molar-refractivity contribution is 5.37. The van der Waals surface area contributed by atoms with Gasteiger partial charge in [-0.3, -0.25) is 0 Å². The molecule has 0 amide bonds. The molecule has 0 aliphatic heterocycles. The van der Waals surface area contributed by atoms with E-state index < -0.39 is 5.82 Å². The van der Waals surface area contributed by atoms with Crippen LogP contribution < -0.4 is 4.74 Å². The smallest absolute Gasteiger partial charge is 0.186 e. The van der Waals surface area contributed by atoms with Crippen molar-refractivity contribution in [2.75, 3.05) is 6.61 Å². The summed E-state index contributed by atoms with van der Waals surface area (Å²) in [5.74, 6) is 0.308. The van der Waals surface area contributed by atoms with Crippen LogP contribution in [0.25, 0.3) is 5.69 Å². The van der Waals surface area contributed by atoms with Gasteiger partial charge in [0.25, 0.3) is 0 Å². The molecule has 23 heavy (non-hydrogen) atoms.